The molecular weight excluding hydrogens is 465 g/mol. The third-order valence-corrected chi connectivity index (χ3v) is 7.06. The third kappa shape index (κ3) is 7.01. The lowest BCUT2D eigenvalue weighted by Gasteiger charge is -2.34. The smallest absolute Gasteiger partial charge is 0.376 e. The van der Waals surface area contributed by atoms with Crippen LogP contribution in [0.4, 0.5) is 18.9 Å². The molecule has 1 aliphatic heterocycles. The number of benzene rings is 2. The third-order valence-electron chi connectivity index (χ3n) is 7.06. The van der Waals surface area contributed by atoms with E-state index in [1.165, 1.54) is 36.1 Å². The number of anilines is 1. The van der Waals surface area contributed by atoms with Gasteiger partial charge in [0.05, 0.1) is 6.54 Å². The number of carbonyl (C=O) groups is 1. The van der Waals surface area contributed by atoms with Crippen molar-refractivity contribution in [2.45, 2.75) is 44.4 Å². The van der Waals surface area contributed by atoms with Gasteiger partial charge in [0.25, 0.3) is 0 Å². The molecule has 1 aliphatic carbocycles. The van der Waals surface area contributed by atoms with Crippen molar-refractivity contribution < 1.29 is 18.0 Å². The second kappa shape index (κ2) is 11.6. The Bertz CT molecular complexity index is 1010. The minimum Gasteiger partial charge on any atom is -0.376 e. The van der Waals surface area contributed by atoms with Crippen LogP contribution in [0.15, 0.2) is 48.5 Å². The number of halogens is 3. The first-order chi connectivity index (χ1) is 17.2. The van der Waals surface area contributed by atoms with Crippen molar-refractivity contribution in [1.29, 1.82) is 0 Å². The summed E-state index contributed by atoms with van der Waals surface area (Å²) in [5.41, 5.74) is 3.35. The SMILES string of the molecule is CN(C)CCN(C(=O)CNc1cccc2c1CCCN(CC1CC1)C2)C(c1ccccc1)C(F)(F)F. The Balaban J connectivity index is 1.51. The van der Waals surface area contributed by atoms with Crippen LogP contribution in [0.2, 0.25) is 0 Å². The highest BCUT2D eigenvalue weighted by atomic mass is 19.4. The molecule has 0 aromatic heterocycles. The minimum absolute atomic E-state index is 0.0182. The highest BCUT2D eigenvalue weighted by Gasteiger charge is 2.46. The maximum Gasteiger partial charge on any atom is 0.413 e. The molecule has 0 radical (unpaired) electrons. The Morgan fingerprint density at radius 3 is 2.50 bits per heavy atom. The van der Waals surface area contributed by atoms with E-state index in [2.05, 4.69) is 16.3 Å². The molecule has 1 amide bonds. The molecule has 2 aromatic carbocycles. The number of amides is 1. The standard InChI is InChI=1S/C28H37F3N4O/c1-33(2)16-17-35(27(28(29,30)31)22-8-4-3-5-9-22)26(36)18-32-25-12-6-10-23-20-34(19-21-13-14-21)15-7-11-24(23)25/h3-6,8-10,12,21,27,32H,7,11,13-20H2,1-2H3. The molecule has 1 atom stereocenters. The summed E-state index contributed by atoms with van der Waals surface area (Å²) in [5, 5.41) is 3.20. The maximum absolute atomic E-state index is 14.3. The molecule has 196 valence electrons. The lowest BCUT2D eigenvalue weighted by atomic mass is 10.0. The zero-order valence-electron chi connectivity index (χ0n) is 21.2. The number of likely N-dealkylation sites (N-methyl/N-ethyl adjacent to an activating group) is 1. The predicted molar refractivity (Wildman–Crippen MR) is 137 cm³/mol. The van der Waals surface area contributed by atoms with E-state index in [0.29, 0.717) is 6.54 Å². The average molecular weight is 503 g/mol. The molecule has 36 heavy (non-hydrogen) atoms. The summed E-state index contributed by atoms with van der Waals surface area (Å²) in [5.74, 6) is 0.259. The molecule has 0 saturated heterocycles. The minimum atomic E-state index is -4.59. The quantitative estimate of drug-likeness (QED) is 0.499. The van der Waals surface area contributed by atoms with Crippen LogP contribution < -0.4 is 5.32 Å². The summed E-state index contributed by atoms with van der Waals surface area (Å²) in [7, 11) is 3.58. The first kappa shape index (κ1) is 26.5. The summed E-state index contributed by atoms with van der Waals surface area (Å²) < 4.78 is 42.8. The summed E-state index contributed by atoms with van der Waals surface area (Å²) in [6.45, 7) is 3.20. The molecule has 1 saturated carbocycles. The normalized spacial score (nSPS) is 17.4. The van der Waals surface area contributed by atoms with Crippen molar-refractivity contribution in [2.24, 2.45) is 5.92 Å². The van der Waals surface area contributed by atoms with Gasteiger partial charge in [-0.2, -0.15) is 13.2 Å². The topological polar surface area (TPSA) is 38.8 Å². The molecule has 0 spiro atoms. The van der Waals surface area contributed by atoms with E-state index in [9.17, 15) is 18.0 Å². The fourth-order valence-corrected chi connectivity index (χ4v) is 5.02. The lowest BCUT2D eigenvalue weighted by molar-refractivity contribution is -0.191. The average Bonchev–Trinajstić information content (AvgIpc) is 3.66. The lowest BCUT2D eigenvalue weighted by Crippen LogP contribution is -2.47. The number of carbonyl (C=O) groups excluding carboxylic acids is 1. The van der Waals surface area contributed by atoms with Crippen LogP contribution in [0.25, 0.3) is 0 Å². The highest BCUT2D eigenvalue weighted by molar-refractivity contribution is 5.82. The van der Waals surface area contributed by atoms with Gasteiger partial charge in [-0.25, -0.2) is 0 Å². The van der Waals surface area contributed by atoms with E-state index < -0.39 is 18.1 Å². The van der Waals surface area contributed by atoms with Crippen molar-refractivity contribution in [3.05, 3.63) is 65.2 Å². The van der Waals surface area contributed by atoms with Crippen LogP contribution in [0.1, 0.15) is 42.0 Å². The van der Waals surface area contributed by atoms with Crippen molar-refractivity contribution in [1.82, 2.24) is 14.7 Å². The van der Waals surface area contributed by atoms with Gasteiger partial charge in [0.1, 0.15) is 0 Å². The van der Waals surface area contributed by atoms with Crippen molar-refractivity contribution in [3.63, 3.8) is 0 Å². The van der Waals surface area contributed by atoms with Gasteiger partial charge in [-0.1, -0.05) is 42.5 Å². The number of hydrogen-bond donors (Lipinski definition) is 1. The van der Waals surface area contributed by atoms with E-state index in [1.54, 1.807) is 37.2 Å². The Morgan fingerprint density at radius 1 is 1.08 bits per heavy atom. The van der Waals surface area contributed by atoms with E-state index in [0.717, 1.165) is 49.0 Å². The second-order valence-corrected chi connectivity index (χ2v) is 10.3. The van der Waals surface area contributed by atoms with Gasteiger partial charge < -0.3 is 15.1 Å². The predicted octanol–water partition coefficient (Wildman–Crippen LogP) is 4.95. The van der Waals surface area contributed by atoms with E-state index in [4.69, 9.17) is 0 Å². The van der Waals surface area contributed by atoms with Gasteiger partial charge >= 0.3 is 6.18 Å². The molecule has 1 N–H and O–H groups in total. The molecule has 5 nitrogen and oxygen atoms in total. The zero-order valence-corrected chi connectivity index (χ0v) is 21.2. The Morgan fingerprint density at radius 2 is 1.83 bits per heavy atom. The van der Waals surface area contributed by atoms with Crippen molar-refractivity contribution >= 4 is 11.6 Å². The highest BCUT2D eigenvalue weighted by Crippen LogP contribution is 2.38. The van der Waals surface area contributed by atoms with Crippen LogP contribution >= 0.6 is 0 Å². The van der Waals surface area contributed by atoms with Gasteiger partial charge in [-0.05, 0) is 75.0 Å². The molecule has 1 fully saturated rings. The van der Waals surface area contributed by atoms with Gasteiger partial charge in [0.2, 0.25) is 5.91 Å². The Kier molecular flexibility index (Phi) is 8.57. The number of rotatable bonds is 10. The van der Waals surface area contributed by atoms with Crippen LogP contribution in [-0.4, -0.2) is 73.6 Å². The van der Waals surface area contributed by atoms with Crippen LogP contribution in [0.5, 0.6) is 0 Å². The zero-order chi connectivity index (χ0) is 25.7. The van der Waals surface area contributed by atoms with Gasteiger partial charge in [0, 0.05) is 31.9 Å². The summed E-state index contributed by atoms with van der Waals surface area (Å²) >= 11 is 0. The van der Waals surface area contributed by atoms with Crippen LogP contribution in [-0.2, 0) is 17.8 Å². The number of nitrogens with zero attached hydrogens (tertiary/aromatic N) is 3. The summed E-state index contributed by atoms with van der Waals surface area (Å²) in [4.78, 5) is 18.6. The Hall–Kier alpha value is -2.58. The maximum atomic E-state index is 14.3. The molecule has 1 heterocycles. The van der Waals surface area contributed by atoms with Gasteiger partial charge in [-0.3, -0.25) is 9.69 Å². The molecule has 0 bridgehead atoms. The number of hydrogen-bond acceptors (Lipinski definition) is 4. The van der Waals surface area contributed by atoms with E-state index >= 15 is 0 Å². The van der Waals surface area contributed by atoms with Gasteiger partial charge in [-0.15, -0.1) is 0 Å². The fourth-order valence-electron chi connectivity index (χ4n) is 5.02. The first-order valence-electron chi connectivity index (χ1n) is 12.8. The number of alkyl halides is 3. The number of fused-ring (bicyclic) bond motifs is 1. The van der Waals surface area contributed by atoms with Gasteiger partial charge in [0.15, 0.2) is 6.04 Å². The summed E-state index contributed by atoms with van der Waals surface area (Å²) in [6.07, 6.45) is -0.0182. The number of nitrogens with one attached hydrogen (secondary N) is 1. The van der Waals surface area contributed by atoms with Crippen molar-refractivity contribution in [2.75, 3.05) is 52.1 Å². The molecule has 8 heteroatoms. The van der Waals surface area contributed by atoms with Crippen LogP contribution in [0.3, 0.4) is 0 Å². The molecule has 4 rings (SSSR count). The van der Waals surface area contributed by atoms with Crippen molar-refractivity contribution in [3.8, 4) is 0 Å². The van der Waals surface area contributed by atoms with E-state index in [-0.39, 0.29) is 18.7 Å². The largest absolute Gasteiger partial charge is 0.413 e. The van der Waals surface area contributed by atoms with Crippen LogP contribution in [0, 0.1) is 5.92 Å². The molecule has 2 aliphatic rings. The van der Waals surface area contributed by atoms with E-state index in [1.807, 2.05) is 12.1 Å². The second-order valence-electron chi connectivity index (χ2n) is 10.3. The molecular formula is C28H37F3N4O. The fraction of sp³-hybridized carbons (Fsp3) is 0.536. The molecule has 1 unspecified atom stereocenters. The first-order valence-corrected chi connectivity index (χ1v) is 12.8. The molecule has 2 aromatic rings. The summed E-state index contributed by atoms with van der Waals surface area (Å²) in [6, 6.07) is 11.8. The monoisotopic (exact) mass is 502 g/mol. The Labute approximate surface area is 212 Å².